The zero-order chi connectivity index (χ0) is 12.1. The highest BCUT2D eigenvalue weighted by Gasteiger charge is 2.13. The first-order valence-corrected chi connectivity index (χ1v) is 6.80. The maximum absolute atomic E-state index is 3.66. The smallest absolute Gasteiger partial charge is 0.0109 e. The van der Waals surface area contributed by atoms with Crippen molar-refractivity contribution >= 4 is 0 Å². The predicted molar refractivity (Wildman–Crippen MR) is 72.2 cm³/mol. The van der Waals surface area contributed by atoms with Gasteiger partial charge in [-0.1, -0.05) is 34.6 Å². The third-order valence-electron chi connectivity index (χ3n) is 3.53. The van der Waals surface area contributed by atoms with Crippen LogP contribution in [0.5, 0.6) is 0 Å². The number of benzene rings is 1. The highest BCUT2D eigenvalue weighted by molar-refractivity contribution is 5.45. The second kappa shape index (κ2) is 6.08. The Kier molecular flexibility index (Phi) is 5.05. The van der Waals surface area contributed by atoms with Crippen molar-refractivity contribution in [2.75, 3.05) is 0 Å². The standard InChI is InChI=1S/C16H25/c1-6-12-11-13(7-2)15(9-4)16(10-5)14(12)8-3/h6-10H2,1-5H3. The first-order chi connectivity index (χ1) is 7.73. The molecule has 0 atom stereocenters. The van der Waals surface area contributed by atoms with Crippen LogP contribution in [0, 0.1) is 6.07 Å². The molecule has 0 aliphatic rings. The van der Waals surface area contributed by atoms with Gasteiger partial charge in [0.25, 0.3) is 0 Å². The Morgan fingerprint density at radius 3 is 1.19 bits per heavy atom. The van der Waals surface area contributed by atoms with Gasteiger partial charge in [-0.3, -0.25) is 0 Å². The lowest BCUT2D eigenvalue weighted by atomic mass is 9.86. The van der Waals surface area contributed by atoms with Crippen LogP contribution in [0.3, 0.4) is 0 Å². The maximum Gasteiger partial charge on any atom is -0.0109 e. The third-order valence-corrected chi connectivity index (χ3v) is 3.53. The molecule has 0 aliphatic heterocycles. The summed E-state index contributed by atoms with van der Waals surface area (Å²) in [5.74, 6) is 0. The van der Waals surface area contributed by atoms with E-state index >= 15 is 0 Å². The van der Waals surface area contributed by atoms with E-state index < -0.39 is 0 Å². The van der Waals surface area contributed by atoms with Crippen LogP contribution in [-0.4, -0.2) is 0 Å². The molecule has 0 saturated heterocycles. The van der Waals surface area contributed by atoms with E-state index in [9.17, 15) is 0 Å². The zero-order valence-electron chi connectivity index (χ0n) is 11.5. The summed E-state index contributed by atoms with van der Waals surface area (Å²) in [4.78, 5) is 0. The van der Waals surface area contributed by atoms with Gasteiger partial charge in [0, 0.05) is 0 Å². The Hall–Kier alpha value is -0.780. The third kappa shape index (κ3) is 2.31. The van der Waals surface area contributed by atoms with Gasteiger partial charge in [0.1, 0.15) is 0 Å². The summed E-state index contributed by atoms with van der Waals surface area (Å²) in [5.41, 5.74) is 7.65. The number of hydrogen-bond acceptors (Lipinski definition) is 0. The number of aryl methyl sites for hydroxylation is 2. The van der Waals surface area contributed by atoms with E-state index in [0.717, 1.165) is 25.7 Å². The molecular formula is C16H25. The minimum atomic E-state index is 1.12. The van der Waals surface area contributed by atoms with Gasteiger partial charge in [0.05, 0.1) is 0 Å². The number of rotatable bonds is 5. The lowest BCUT2D eigenvalue weighted by Crippen LogP contribution is -2.06. The van der Waals surface area contributed by atoms with Crippen molar-refractivity contribution in [1.82, 2.24) is 0 Å². The highest BCUT2D eigenvalue weighted by atomic mass is 14.2. The predicted octanol–water partition coefficient (Wildman–Crippen LogP) is 4.30. The lowest BCUT2D eigenvalue weighted by molar-refractivity contribution is 0.911. The van der Waals surface area contributed by atoms with Crippen molar-refractivity contribution in [1.29, 1.82) is 0 Å². The minimum Gasteiger partial charge on any atom is -0.0613 e. The Labute approximate surface area is 101 Å². The van der Waals surface area contributed by atoms with Gasteiger partial charge in [0.2, 0.25) is 0 Å². The first kappa shape index (κ1) is 13.3. The molecule has 1 aromatic rings. The van der Waals surface area contributed by atoms with Crippen LogP contribution in [-0.2, 0) is 32.1 Å². The molecule has 0 aliphatic carbocycles. The maximum atomic E-state index is 3.66. The quantitative estimate of drug-likeness (QED) is 0.690. The van der Waals surface area contributed by atoms with Crippen molar-refractivity contribution in [2.45, 2.75) is 66.7 Å². The lowest BCUT2D eigenvalue weighted by Gasteiger charge is -2.19. The van der Waals surface area contributed by atoms with Gasteiger partial charge in [-0.25, -0.2) is 0 Å². The first-order valence-electron chi connectivity index (χ1n) is 6.80. The van der Waals surface area contributed by atoms with Crippen LogP contribution >= 0.6 is 0 Å². The van der Waals surface area contributed by atoms with E-state index in [4.69, 9.17) is 0 Å². The zero-order valence-corrected chi connectivity index (χ0v) is 11.5. The molecule has 0 aromatic heterocycles. The van der Waals surface area contributed by atoms with Gasteiger partial charge in [-0.2, -0.15) is 0 Å². The Morgan fingerprint density at radius 1 is 0.562 bits per heavy atom. The SMILES string of the molecule is CCc1[c]c(CC)c(CC)c(CC)c1CC. The molecule has 0 N–H and O–H groups in total. The molecule has 0 spiro atoms. The molecule has 0 unspecified atom stereocenters. The molecule has 0 heteroatoms. The van der Waals surface area contributed by atoms with E-state index in [1.54, 1.807) is 16.7 Å². The normalized spacial score (nSPS) is 10.8. The van der Waals surface area contributed by atoms with Gasteiger partial charge in [-0.15, -0.1) is 0 Å². The molecule has 0 bridgehead atoms. The van der Waals surface area contributed by atoms with Crippen LogP contribution < -0.4 is 0 Å². The average Bonchev–Trinajstić information content (AvgIpc) is 2.35. The van der Waals surface area contributed by atoms with Crippen LogP contribution in [0.2, 0.25) is 0 Å². The molecule has 0 fully saturated rings. The second-order valence-corrected chi connectivity index (χ2v) is 4.29. The fourth-order valence-corrected chi connectivity index (χ4v) is 2.76. The topological polar surface area (TPSA) is 0 Å². The van der Waals surface area contributed by atoms with Gasteiger partial charge < -0.3 is 0 Å². The summed E-state index contributed by atoms with van der Waals surface area (Å²) in [6.45, 7) is 11.3. The Bertz CT molecular complexity index is 317. The minimum absolute atomic E-state index is 1.12. The molecule has 0 amide bonds. The molecule has 1 aromatic carbocycles. The molecule has 0 heterocycles. The van der Waals surface area contributed by atoms with Crippen LogP contribution in [0.15, 0.2) is 0 Å². The molecule has 1 radical (unpaired) electrons. The molecule has 0 nitrogen and oxygen atoms in total. The fraction of sp³-hybridized carbons (Fsp3) is 0.625. The molecule has 0 saturated carbocycles. The van der Waals surface area contributed by atoms with E-state index in [1.165, 1.54) is 17.5 Å². The highest BCUT2D eigenvalue weighted by Crippen LogP contribution is 2.25. The van der Waals surface area contributed by atoms with Crippen LogP contribution in [0.4, 0.5) is 0 Å². The van der Waals surface area contributed by atoms with Crippen molar-refractivity contribution in [3.8, 4) is 0 Å². The summed E-state index contributed by atoms with van der Waals surface area (Å²) in [7, 11) is 0. The Balaban J connectivity index is 3.47. The van der Waals surface area contributed by atoms with Crippen molar-refractivity contribution < 1.29 is 0 Å². The summed E-state index contributed by atoms with van der Waals surface area (Å²) < 4.78 is 0. The van der Waals surface area contributed by atoms with E-state index in [-0.39, 0.29) is 0 Å². The van der Waals surface area contributed by atoms with Crippen molar-refractivity contribution in [2.24, 2.45) is 0 Å². The summed E-state index contributed by atoms with van der Waals surface area (Å²) >= 11 is 0. The van der Waals surface area contributed by atoms with Gasteiger partial charge in [0.15, 0.2) is 0 Å². The fourth-order valence-electron chi connectivity index (χ4n) is 2.76. The van der Waals surface area contributed by atoms with Gasteiger partial charge >= 0.3 is 0 Å². The molecule has 16 heavy (non-hydrogen) atoms. The molecule has 1 rings (SSSR count). The number of hydrogen-bond donors (Lipinski definition) is 0. The van der Waals surface area contributed by atoms with E-state index in [0.29, 0.717) is 0 Å². The molecule has 89 valence electrons. The second-order valence-electron chi connectivity index (χ2n) is 4.29. The summed E-state index contributed by atoms with van der Waals surface area (Å²) in [6.07, 6.45) is 5.71. The Morgan fingerprint density at radius 2 is 0.938 bits per heavy atom. The van der Waals surface area contributed by atoms with E-state index in [2.05, 4.69) is 40.7 Å². The van der Waals surface area contributed by atoms with E-state index in [1.807, 2.05) is 0 Å². The average molecular weight is 217 g/mol. The monoisotopic (exact) mass is 217 g/mol. The summed E-state index contributed by atoms with van der Waals surface area (Å²) in [5, 5.41) is 0. The van der Waals surface area contributed by atoms with Crippen molar-refractivity contribution in [3.63, 3.8) is 0 Å². The molecular weight excluding hydrogens is 192 g/mol. The van der Waals surface area contributed by atoms with Crippen LogP contribution in [0.1, 0.15) is 62.4 Å². The van der Waals surface area contributed by atoms with Crippen LogP contribution in [0.25, 0.3) is 0 Å². The largest absolute Gasteiger partial charge is 0.0613 e. The van der Waals surface area contributed by atoms with Crippen molar-refractivity contribution in [3.05, 3.63) is 33.9 Å². The van der Waals surface area contributed by atoms with Gasteiger partial charge in [-0.05, 0) is 66.0 Å². The summed E-state index contributed by atoms with van der Waals surface area (Å²) in [6, 6.07) is 3.66.